The SMILES string of the molecule is C=[N+](CCN(CC)c1nc(SC)nc2c(F)c(Cl)nc(N(C)C)c12)C(=O)OC(C)(C)C.CC.CC. The molecule has 0 saturated heterocycles. The summed E-state index contributed by atoms with van der Waals surface area (Å²) in [5.41, 5.74) is -0.508. The molecule has 0 aliphatic rings. The number of nitrogens with zero attached hydrogens (tertiary/aromatic N) is 6. The Morgan fingerprint density at radius 1 is 1.14 bits per heavy atom. The lowest BCUT2D eigenvalue weighted by molar-refractivity contribution is -0.439. The van der Waals surface area contributed by atoms with Crippen LogP contribution in [0.1, 0.15) is 55.4 Å². The molecule has 2 aromatic heterocycles. The second-order valence-electron chi connectivity index (χ2n) is 8.02. The van der Waals surface area contributed by atoms with E-state index in [1.165, 1.54) is 16.3 Å². The molecule has 11 heteroatoms. The number of aromatic nitrogens is 3. The molecule has 1 amide bonds. The zero-order valence-electron chi connectivity index (χ0n) is 23.0. The van der Waals surface area contributed by atoms with Crippen molar-refractivity contribution in [2.45, 2.75) is 66.1 Å². The number of ether oxygens (including phenoxy) is 1. The van der Waals surface area contributed by atoms with Gasteiger partial charge in [0.1, 0.15) is 29.5 Å². The Labute approximate surface area is 218 Å². The second-order valence-corrected chi connectivity index (χ2v) is 9.15. The highest BCUT2D eigenvalue weighted by atomic mass is 35.5. The predicted octanol–water partition coefficient (Wildman–Crippen LogP) is 6.13. The molecule has 0 aliphatic carbocycles. The Bertz CT molecular complexity index is 998. The van der Waals surface area contributed by atoms with E-state index in [1.807, 2.05) is 45.8 Å². The molecule has 2 aromatic rings. The number of rotatable bonds is 7. The standard InChI is InChI=1S/C20H29ClFN6O2S.2C2H6/c1-9-28(11-10-27(7)19(29)30-20(2,3)4)17-12-14(23-18(25-17)31-8)13(22)15(21)24-16(12)26(5)6;2*1-2/h7,9-11H2,1-6,8H3;2*1-2H3/q+1;;. The summed E-state index contributed by atoms with van der Waals surface area (Å²) in [4.78, 5) is 29.1. The molecule has 198 valence electrons. The average Bonchev–Trinajstić information content (AvgIpc) is 2.82. The van der Waals surface area contributed by atoms with Gasteiger partial charge in [-0.1, -0.05) is 51.1 Å². The van der Waals surface area contributed by atoms with Gasteiger partial charge < -0.3 is 14.5 Å². The molecular weight excluding hydrogens is 491 g/mol. The van der Waals surface area contributed by atoms with Crippen molar-refractivity contribution in [3.05, 3.63) is 11.0 Å². The minimum atomic E-state index is -0.690. The van der Waals surface area contributed by atoms with Gasteiger partial charge in [0, 0.05) is 20.6 Å². The molecule has 0 saturated carbocycles. The van der Waals surface area contributed by atoms with Gasteiger partial charge >= 0.3 is 6.09 Å². The first-order chi connectivity index (χ1) is 16.4. The highest BCUT2D eigenvalue weighted by Gasteiger charge is 2.27. The molecule has 0 aromatic carbocycles. The largest absolute Gasteiger partial charge is 0.596 e. The number of halogens is 2. The number of likely N-dealkylation sites (N-methyl/N-ethyl adjacent to an activating group) is 1. The third kappa shape index (κ3) is 9.07. The molecule has 0 fully saturated rings. The maximum Gasteiger partial charge on any atom is 0.596 e. The van der Waals surface area contributed by atoms with Crippen LogP contribution in [0.15, 0.2) is 5.16 Å². The maximum absolute atomic E-state index is 14.9. The number of thioether (sulfide) groups is 1. The highest BCUT2D eigenvalue weighted by molar-refractivity contribution is 7.98. The van der Waals surface area contributed by atoms with Crippen molar-refractivity contribution in [1.82, 2.24) is 15.0 Å². The van der Waals surface area contributed by atoms with Crippen LogP contribution in [0.2, 0.25) is 5.15 Å². The van der Waals surface area contributed by atoms with E-state index in [-0.39, 0.29) is 17.2 Å². The number of pyridine rings is 1. The van der Waals surface area contributed by atoms with Crippen LogP contribution >= 0.6 is 23.4 Å². The van der Waals surface area contributed by atoms with Crippen molar-refractivity contribution in [3.63, 3.8) is 0 Å². The number of carbonyl (C=O) groups excluding carboxylic acids is 1. The molecule has 0 aliphatic heterocycles. The third-order valence-electron chi connectivity index (χ3n) is 4.27. The van der Waals surface area contributed by atoms with Crippen molar-refractivity contribution in [1.29, 1.82) is 0 Å². The summed E-state index contributed by atoms with van der Waals surface area (Å²) in [6, 6.07) is 0. The second kappa shape index (κ2) is 15.0. The number of carbonyl (C=O) groups is 1. The van der Waals surface area contributed by atoms with Crippen LogP contribution in [-0.4, -0.2) is 77.9 Å². The van der Waals surface area contributed by atoms with Crippen molar-refractivity contribution < 1.29 is 18.5 Å². The normalized spacial score (nSPS) is 10.5. The fourth-order valence-corrected chi connectivity index (χ4v) is 3.34. The van der Waals surface area contributed by atoms with E-state index < -0.39 is 17.5 Å². The number of hydrogen-bond acceptors (Lipinski definition) is 8. The smallest absolute Gasteiger partial charge is 0.406 e. The molecule has 0 radical (unpaired) electrons. The van der Waals surface area contributed by atoms with Crippen LogP contribution in [0.5, 0.6) is 0 Å². The van der Waals surface area contributed by atoms with Crippen LogP contribution in [0.25, 0.3) is 10.9 Å². The quantitative estimate of drug-likeness (QED) is 0.139. The molecule has 8 nitrogen and oxygen atoms in total. The average molecular weight is 532 g/mol. The molecule has 0 N–H and O–H groups in total. The Hall–Kier alpha value is -2.20. The van der Waals surface area contributed by atoms with E-state index in [0.717, 1.165) is 0 Å². The van der Waals surface area contributed by atoms with Gasteiger partial charge in [0.2, 0.25) is 0 Å². The summed E-state index contributed by atoms with van der Waals surface area (Å²) in [6.45, 7) is 20.4. The number of fused-ring (bicyclic) bond motifs is 1. The van der Waals surface area contributed by atoms with E-state index in [2.05, 4.69) is 21.7 Å². The third-order valence-corrected chi connectivity index (χ3v) is 5.06. The number of amides is 1. The Kier molecular flexibility index (Phi) is 14.1. The Morgan fingerprint density at radius 3 is 2.17 bits per heavy atom. The molecule has 0 bridgehead atoms. The summed E-state index contributed by atoms with van der Waals surface area (Å²) >= 11 is 7.33. The molecular formula is C24H41ClFN6O2S+. The van der Waals surface area contributed by atoms with Crippen LogP contribution in [0, 0.1) is 5.82 Å². The Balaban J connectivity index is 0.00000274. The van der Waals surface area contributed by atoms with E-state index in [4.69, 9.17) is 16.3 Å². The monoisotopic (exact) mass is 531 g/mol. The maximum atomic E-state index is 14.9. The van der Waals surface area contributed by atoms with Gasteiger partial charge in [-0.3, -0.25) is 0 Å². The summed E-state index contributed by atoms with van der Waals surface area (Å²) in [6.07, 6.45) is 1.30. The summed E-state index contributed by atoms with van der Waals surface area (Å²) in [5.74, 6) is 0.284. The predicted molar refractivity (Wildman–Crippen MR) is 147 cm³/mol. The minimum absolute atomic E-state index is 0.107. The van der Waals surface area contributed by atoms with E-state index in [1.54, 1.807) is 39.8 Å². The van der Waals surface area contributed by atoms with Crippen LogP contribution in [-0.2, 0) is 4.74 Å². The molecule has 2 rings (SSSR count). The van der Waals surface area contributed by atoms with Gasteiger partial charge in [0.25, 0.3) is 0 Å². The van der Waals surface area contributed by atoms with Crippen LogP contribution < -0.4 is 9.80 Å². The summed E-state index contributed by atoms with van der Waals surface area (Å²) in [5, 5.41) is 0.620. The summed E-state index contributed by atoms with van der Waals surface area (Å²) < 4.78 is 21.5. The van der Waals surface area contributed by atoms with E-state index in [9.17, 15) is 9.18 Å². The topological polar surface area (TPSA) is 74.5 Å². The van der Waals surface area contributed by atoms with Gasteiger partial charge in [-0.15, -0.1) is 4.58 Å². The zero-order chi connectivity index (χ0) is 27.5. The van der Waals surface area contributed by atoms with Crippen molar-refractivity contribution in [2.75, 3.05) is 49.8 Å². The van der Waals surface area contributed by atoms with Gasteiger partial charge in [0.05, 0.1) is 11.9 Å². The lowest BCUT2D eigenvalue weighted by atomic mass is 10.2. The van der Waals surface area contributed by atoms with Crippen molar-refractivity contribution >= 4 is 58.7 Å². The van der Waals surface area contributed by atoms with E-state index >= 15 is 0 Å². The van der Waals surface area contributed by atoms with Gasteiger partial charge in [-0.25, -0.2) is 19.3 Å². The molecule has 0 atom stereocenters. The lowest BCUT2D eigenvalue weighted by Gasteiger charge is -2.25. The van der Waals surface area contributed by atoms with Crippen molar-refractivity contribution in [3.8, 4) is 0 Å². The highest BCUT2D eigenvalue weighted by Crippen LogP contribution is 2.36. The van der Waals surface area contributed by atoms with E-state index in [0.29, 0.717) is 35.3 Å². The number of anilines is 2. The molecule has 2 heterocycles. The van der Waals surface area contributed by atoms with Gasteiger partial charge in [0.15, 0.2) is 22.7 Å². The summed E-state index contributed by atoms with van der Waals surface area (Å²) in [7, 11) is 3.58. The van der Waals surface area contributed by atoms with Crippen molar-refractivity contribution in [2.24, 2.45) is 0 Å². The minimum Gasteiger partial charge on any atom is -0.406 e. The number of hydrogen-bond donors (Lipinski definition) is 0. The van der Waals surface area contributed by atoms with Gasteiger partial charge in [-0.2, -0.15) is 4.79 Å². The fourth-order valence-electron chi connectivity index (χ4n) is 2.81. The first kappa shape index (κ1) is 32.8. The van der Waals surface area contributed by atoms with Crippen LogP contribution in [0.3, 0.4) is 0 Å². The molecule has 0 spiro atoms. The first-order valence-corrected chi connectivity index (χ1v) is 13.3. The van der Waals surface area contributed by atoms with Crippen LogP contribution in [0.4, 0.5) is 20.8 Å². The zero-order valence-corrected chi connectivity index (χ0v) is 24.6. The molecule has 35 heavy (non-hydrogen) atoms. The lowest BCUT2D eigenvalue weighted by Crippen LogP contribution is -2.36. The molecule has 0 unspecified atom stereocenters. The Morgan fingerprint density at radius 2 is 1.71 bits per heavy atom. The first-order valence-electron chi connectivity index (χ1n) is 11.7. The fraction of sp³-hybridized carbons (Fsp3) is 0.625. The van der Waals surface area contributed by atoms with Gasteiger partial charge in [-0.05, 0) is 34.0 Å².